The van der Waals surface area contributed by atoms with Crippen molar-refractivity contribution in [3.8, 4) is 0 Å². The molecule has 0 aliphatic rings. The van der Waals surface area contributed by atoms with Gasteiger partial charge in [0.2, 0.25) is 5.78 Å². The van der Waals surface area contributed by atoms with E-state index >= 15 is 0 Å². The highest BCUT2D eigenvalue weighted by Crippen LogP contribution is 2.28. The van der Waals surface area contributed by atoms with Crippen molar-refractivity contribution in [3.63, 3.8) is 0 Å². The number of anilines is 1. The van der Waals surface area contributed by atoms with Gasteiger partial charge >= 0.3 is 0 Å². The number of sulfonamides is 1. The Morgan fingerprint density at radius 1 is 1.07 bits per heavy atom. The van der Waals surface area contributed by atoms with Crippen molar-refractivity contribution in [2.24, 2.45) is 7.05 Å². The Morgan fingerprint density at radius 3 is 2.44 bits per heavy atom. The van der Waals surface area contributed by atoms with Gasteiger partial charge in [0.1, 0.15) is 0 Å². The minimum absolute atomic E-state index is 0.0680. The van der Waals surface area contributed by atoms with E-state index in [0.717, 1.165) is 0 Å². The molecule has 10 heteroatoms. The number of carbonyl (C=O) groups is 1. The second-order valence-corrected chi connectivity index (χ2v) is 8.50. The lowest BCUT2D eigenvalue weighted by Crippen LogP contribution is -2.17. The maximum absolute atomic E-state index is 12.8. The average Bonchev–Trinajstić information content (AvgIpc) is 3.04. The van der Waals surface area contributed by atoms with Crippen LogP contribution in [0.5, 0.6) is 0 Å². The van der Waals surface area contributed by atoms with Crippen LogP contribution in [-0.2, 0) is 17.1 Å². The Morgan fingerprint density at radius 2 is 1.81 bits per heavy atom. The molecule has 0 fully saturated rings. The van der Waals surface area contributed by atoms with Gasteiger partial charge in [0.15, 0.2) is 5.82 Å². The molecule has 3 rings (SSSR count). The fourth-order valence-corrected chi connectivity index (χ4v) is 3.99. The van der Waals surface area contributed by atoms with Crippen LogP contribution in [0.1, 0.15) is 16.2 Å². The second-order valence-electron chi connectivity index (χ2n) is 5.56. The number of ketones is 1. The summed E-state index contributed by atoms with van der Waals surface area (Å²) in [6.45, 7) is 0. The second kappa shape index (κ2) is 7.52. The maximum atomic E-state index is 12.8. The molecule has 0 spiro atoms. The third kappa shape index (κ3) is 4.11. The fourth-order valence-electron chi connectivity index (χ4n) is 2.35. The van der Waals surface area contributed by atoms with Crippen molar-refractivity contribution in [2.45, 2.75) is 4.90 Å². The number of hydrogen-bond donors (Lipinski definition) is 1. The first-order valence-electron chi connectivity index (χ1n) is 7.48. The van der Waals surface area contributed by atoms with Crippen molar-refractivity contribution >= 4 is 56.3 Å². The van der Waals surface area contributed by atoms with Crippen LogP contribution >= 0.6 is 34.8 Å². The Bertz CT molecular complexity index is 1140. The Labute approximate surface area is 170 Å². The van der Waals surface area contributed by atoms with Gasteiger partial charge in [-0.15, -0.1) is 0 Å². The summed E-state index contributed by atoms with van der Waals surface area (Å²) in [6, 6.07) is 8.18. The van der Waals surface area contributed by atoms with Crippen molar-refractivity contribution in [2.75, 3.05) is 4.72 Å². The Hall–Kier alpha value is -2.06. The van der Waals surface area contributed by atoms with Crippen LogP contribution in [0.3, 0.4) is 0 Å². The van der Waals surface area contributed by atoms with Crippen LogP contribution < -0.4 is 4.72 Å². The quantitative estimate of drug-likeness (QED) is 0.591. The number of aryl methyl sites for hydroxylation is 1. The summed E-state index contributed by atoms with van der Waals surface area (Å²) in [5.74, 6) is -0.330. The molecular formula is C17H12Cl3N3O3S. The number of imidazole rings is 1. The molecule has 0 amide bonds. The van der Waals surface area contributed by atoms with Gasteiger partial charge in [-0.1, -0.05) is 34.8 Å². The average molecular weight is 445 g/mol. The lowest BCUT2D eigenvalue weighted by Gasteiger charge is -2.13. The predicted molar refractivity (Wildman–Crippen MR) is 105 cm³/mol. The molecule has 3 aromatic rings. The Balaban J connectivity index is 2.03. The topological polar surface area (TPSA) is 81.1 Å². The number of benzene rings is 2. The Kier molecular flexibility index (Phi) is 5.48. The van der Waals surface area contributed by atoms with E-state index in [4.69, 9.17) is 34.8 Å². The van der Waals surface area contributed by atoms with Gasteiger partial charge in [0, 0.05) is 24.5 Å². The molecule has 0 aliphatic heterocycles. The van der Waals surface area contributed by atoms with Crippen LogP contribution in [0.15, 0.2) is 53.7 Å². The number of carbonyl (C=O) groups excluding carboxylic acids is 1. The first-order valence-corrected chi connectivity index (χ1v) is 10.1. The zero-order valence-electron chi connectivity index (χ0n) is 13.8. The predicted octanol–water partition coefficient (Wildman–Crippen LogP) is 4.41. The van der Waals surface area contributed by atoms with Crippen LogP contribution in [0.4, 0.5) is 5.69 Å². The molecule has 1 N–H and O–H groups in total. The van der Waals surface area contributed by atoms with E-state index in [1.54, 1.807) is 13.2 Å². The summed E-state index contributed by atoms with van der Waals surface area (Å²) in [7, 11) is -2.36. The number of rotatable bonds is 5. The summed E-state index contributed by atoms with van der Waals surface area (Å²) >= 11 is 17.7. The van der Waals surface area contributed by atoms with E-state index in [9.17, 15) is 13.2 Å². The van der Waals surface area contributed by atoms with E-state index in [-0.39, 0.29) is 37.0 Å². The van der Waals surface area contributed by atoms with Gasteiger partial charge < -0.3 is 4.57 Å². The maximum Gasteiger partial charge on any atom is 0.261 e. The van der Waals surface area contributed by atoms with E-state index in [2.05, 4.69) is 9.71 Å². The van der Waals surface area contributed by atoms with Crippen molar-refractivity contribution in [3.05, 3.63) is 75.2 Å². The lowest BCUT2D eigenvalue weighted by atomic mass is 10.1. The molecule has 1 aromatic heterocycles. The zero-order chi connectivity index (χ0) is 19.8. The number of nitrogens with one attached hydrogen (secondary N) is 1. The molecule has 2 aromatic carbocycles. The highest BCUT2D eigenvalue weighted by atomic mass is 35.5. The van der Waals surface area contributed by atoms with Gasteiger partial charge in [0.25, 0.3) is 10.0 Å². The van der Waals surface area contributed by atoms with Gasteiger partial charge in [-0.2, -0.15) is 0 Å². The zero-order valence-corrected chi connectivity index (χ0v) is 16.9. The molecule has 6 nitrogen and oxygen atoms in total. The molecular weight excluding hydrogens is 433 g/mol. The van der Waals surface area contributed by atoms with E-state index < -0.39 is 15.8 Å². The normalized spacial score (nSPS) is 11.4. The SMILES string of the molecule is Cn1ccnc1C(=O)c1cc(Cl)ccc1NS(=O)(=O)c1ccc(Cl)c(Cl)c1. The van der Waals surface area contributed by atoms with Crippen molar-refractivity contribution in [1.82, 2.24) is 9.55 Å². The summed E-state index contributed by atoms with van der Waals surface area (Å²) in [5.41, 5.74) is 0.138. The molecule has 0 saturated carbocycles. The molecule has 27 heavy (non-hydrogen) atoms. The van der Waals surface area contributed by atoms with Gasteiger partial charge in [-0.25, -0.2) is 13.4 Å². The summed E-state index contributed by atoms with van der Waals surface area (Å²) in [5, 5.41) is 0.609. The molecule has 0 radical (unpaired) electrons. The third-order valence-corrected chi connectivity index (χ3v) is 6.03. The monoisotopic (exact) mass is 443 g/mol. The van der Waals surface area contributed by atoms with Gasteiger partial charge in [-0.3, -0.25) is 9.52 Å². The van der Waals surface area contributed by atoms with Gasteiger partial charge in [-0.05, 0) is 36.4 Å². The molecule has 0 aliphatic carbocycles. The molecule has 0 bridgehead atoms. The van der Waals surface area contributed by atoms with Crippen LogP contribution in [0, 0.1) is 0 Å². The molecule has 0 saturated heterocycles. The van der Waals surface area contributed by atoms with Crippen LogP contribution in [0.25, 0.3) is 0 Å². The minimum atomic E-state index is -4.02. The summed E-state index contributed by atoms with van der Waals surface area (Å²) in [6.07, 6.45) is 3.08. The number of hydrogen-bond acceptors (Lipinski definition) is 4. The standard InChI is InChI=1S/C17H12Cl3N3O3S/c1-23-7-6-21-17(23)16(24)12-8-10(18)2-5-15(12)22-27(25,26)11-3-4-13(19)14(20)9-11/h2-9,22H,1H3. The van der Waals surface area contributed by atoms with E-state index in [1.165, 1.54) is 47.2 Å². The van der Waals surface area contributed by atoms with Crippen molar-refractivity contribution in [1.29, 1.82) is 0 Å². The smallest absolute Gasteiger partial charge is 0.261 e. The van der Waals surface area contributed by atoms with Crippen molar-refractivity contribution < 1.29 is 13.2 Å². The molecule has 0 atom stereocenters. The number of halogens is 3. The number of nitrogens with zero attached hydrogens (tertiary/aromatic N) is 2. The van der Waals surface area contributed by atoms with Gasteiger partial charge in [0.05, 0.1) is 26.2 Å². The minimum Gasteiger partial charge on any atom is -0.331 e. The van der Waals surface area contributed by atoms with E-state index in [1.807, 2.05) is 0 Å². The first kappa shape index (κ1) is 19.7. The molecule has 1 heterocycles. The van der Waals surface area contributed by atoms with Crippen LogP contribution in [-0.4, -0.2) is 23.8 Å². The molecule has 140 valence electrons. The lowest BCUT2D eigenvalue weighted by molar-refractivity contribution is 0.102. The highest BCUT2D eigenvalue weighted by Gasteiger charge is 2.22. The first-order chi connectivity index (χ1) is 12.7. The molecule has 0 unspecified atom stereocenters. The largest absolute Gasteiger partial charge is 0.331 e. The third-order valence-electron chi connectivity index (χ3n) is 3.70. The van der Waals surface area contributed by atoms with Crippen LogP contribution in [0.2, 0.25) is 15.1 Å². The summed E-state index contributed by atoms with van der Waals surface area (Å²) in [4.78, 5) is 16.7. The highest BCUT2D eigenvalue weighted by molar-refractivity contribution is 7.92. The fraction of sp³-hybridized carbons (Fsp3) is 0.0588. The van der Waals surface area contributed by atoms with E-state index in [0.29, 0.717) is 0 Å². The number of aromatic nitrogens is 2. The summed E-state index contributed by atoms with van der Waals surface area (Å²) < 4.78 is 29.3.